The van der Waals surface area contributed by atoms with Crippen molar-refractivity contribution in [3.8, 4) is 5.75 Å². The smallest absolute Gasteiger partial charge is 0.119 e. The summed E-state index contributed by atoms with van der Waals surface area (Å²) in [6.45, 7) is 8.43. The SMILES string of the molecule is CCOc1ccc(Cc2cc([C@@H](C)OC(C)(C)CN=O)ccc2Cl)cc1. The van der Waals surface area contributed by atoms with Gasteiger partial charge >= 0.3 is 0 Å². The predicted molar refractivity (Wildman–Crippen MR) is 106 cm³/mol. The largest absolute Gasteiger partial charge is 0.494 e. The minimum absolute atomic E-state index is 0.115. The number of nitroso groups, excluding NO2 is 1. The fourth-order valence-electron chi connectivity index (χ4n) is 2.81. The van der Waals surface area contributed by atoms with Gasteiger partial charge in [-0.25, -0.2) is 0 Å². The van der Waals surface area contributed by atoms with E-state index in [1.54, 1.807) is 0 Å². The van der Waals surface area contributed by atoms with Crippen LogP contribution in [0.1, 0.15) is 50.5 Å². The molecule has 0 saturated heterocycles. The molecule has 5 heteroatoms. The zero-order valence-corrected chi connectivity index (χ0v) is 16.5. The first kappa shape index (κ1) is 20.4. The summed E-state index contributed by atoms with van der Waals surface area (Å²) in [7, 11) is 0. The Bertz CT molecular complexity index is 729. The van der Waals surface area contributed by atoms with E-state index < -0.39 is 5.60 Å². The molecule has 26 heavy (non-hydrogen) atoms. The fourth-order valence-corrected chi connectivity index (χ4v) is 3.00. The van der Waals surface area contributed by atoms with Gasteiger partial charge in [0.25, 0.3) is 0 Å². The lowest BCUT2D eigenvalue weighted by Crippen LogP contribution is -2.29. The normalized spacial score (nSPS) is 12.7. The fraction of sp³-hybridized carbons (Fsp3) is 0.429. The molecule has 0 aromatic heterocycles. The molecule has 0 heterocycles. The Hall–Kier alpha value is -1.91. The van der Waals surface area contributed by atoms with Crippen molar-refractivity contribution in [2.45, 2.75) is 45.8 Å². The van der Waals surface area contributed by atoms with E-state index in [1.807, 2.05) is 64.1 Å². The second kappa shape index (κ2) is 9.15. The molecule has 0 saturated carbocycles. The first-order valence-electron chi connectivity index (χ1n) is 8.81. The van der Waals surface area contributed by atoms with Gasteiger partial charge in [-0.15, -0.1) is 0 Å². The van der Waals surface area contributed by atoms with E-state index in [0.29, 0.717) is 6.61 Å². The van der Waals surface area contributed by atoms with E-state index in [2.05, 4.69) is 11.2 Å². The molecular weight excluding hydrogens is 350 g/mol. The molecule has 2 aromatic rings. The van der Waals surface area contributed by atoms with Crippen molar-refractivity contribution in [3.05, 3.63) is 69.1 Å². The highest BCUT2D eigenvalue weighted by Crippen LogP contribution is 2.29. The monoisotopic (exact) mass is 375 g/mol. The minimum Gasteiger partial charge on any atom is -0.494 e. The summed E-state index contributed by atoms with van der Waals surface area (Å²) < 4.78 is 11.5. The molecule has 140 valence electrons. The first-order valence-corrected chi connectivity index (χ1v) is 9.19. The topological polar surface area (TPSA) is 47.9 Å². The molecule has 1 atom stereocenters. The van der Waals surface area contributed by atoms with Crippen LogP contribution in [0.5, 0.6) is 5.75 Å². The Labute approximate surface area is 160 Å². The maximum Gasteiger partial charge on any atom is 0.119 e. The van der Waals surface area contributed by atoms with Crippen molar-refractivity contribution in [1.29, 1.82) is 0 Å². The van der Waals surface area contributed by atoms with Crippen LogP contribution in [0.15, 0.2) is 47.6 Å². The predicted octanol–water partition coefficient (Wildman–Crippen LogP) is 5.95. The van der Waals surface area contributed by atoms with Crippen molar-refractivity contribution in [2.75, 3.05) is 13.2 Å². The highest BCUT2D eigenvalue weighted by molar-refractivity contribution is 6.31. The van der Waals surface area contributed by atoms with Gasteiger partial charge in [0.1, 0.15) is 12.3 Å². The molecule has 0 N–H and O–H groups in total. The number of rotatable bonds is 9. The average molecular weight is 376 g/mol. The van der Waals surface area contributed by atoms with Crippen LogP contribution in [0.4, 0.5) is 0 Å². The summed E-state index contributed by atoms with van der Waals surface area (Å²) in [6, 6.07) is 14.0. The molecule has 0 radical (unpaired) electrons. The van der Waals surface area contributed by atoms with Crippen LogP contribution in [-0.2, 0) is 11.2 Å². The van der Waals surface area contributed by atoms with Gasteiger partial charge in [0.2, 0.25) is 0 Å². The van der Waals surface area contributed by atoms with E-state index >= 15 is 0 Å². The Morgan fingerprint density at radius 3 is 2.46 bits per heavy atom. The lowest BCUT2D eigenvalue weighted by atomic mass is 10.00. The van der Waals surface area contributed by atoms with E-state index in [9.17, 15) is 4.91 Å². The summed E-state index contributed by atoms with van der Waals surface area (Å²) >= 11 is 6.39. The summed E-state index contributed by atoms with van der Waals surface area (Å²) in [5, 5.41) is 3.68. The lowest BCUT2D eigenvalue weighted by molar-refractivity contribution is -0.0589. The zero-order chi connectivity index (χ0) is 19.2. The molecule has 0 unspecified atom stereocenters. The van der Waals surface area contributed by atoms with Crippen LogP contribution >= 0.6 is 11.6 Å². The molecule has 2 aromatic carbocycles. The van der Waals surface area contributed by atoms with Crippen molar-refractivity contribution in [2.24, 2.45) is 5.18 Å². The second-order valence-corrected chi connectivity index (χ2v) is 7.32. The van der Waals surface area contributed by atoms with Gasteiger partial charge in [-0.05, 0) is 69.0 Å². The van der Waals surface area contributed by atoms with Crippen LogP contribution in [0.2, 0.25) is 5.02 Å². The Balaban J connectivity index is 2.14. The summed E-state index contributed by atoms with van der Waals surface area (Å²) in [5.41, 5.74) is 2.62. The van der Waals surface area contributed by atoms with E-state index in [0.717, 1.165) is 33.9 Å². The van der Waals surface area contributed by atoms with Crippen LogP contribution in [0.3, 0.4) is 0 Å². The van der Waals surface area contributed by atoms with Gasteiger partial charge in [0.05, 0.1) is 18.3 Å². The van der Waals surface area contributed by atoms with Crippen molar-refractivity contribution < 1.29 is 9.47 Å². The molecule has 0 fully saturated rings. The third-order valence-electron chi connectivity index (χ3n) is 4.11. The molecule has 0 aliphatic carbocycles. The maximum absolute atomic E-state index is 10.5. The van der Waals surface area contributed by atoms with Gasteiger partial charge < -0.3 is 9.47 Å². The first-order chi connectivity index (χ1) is 12.3. The van der Waals surface area contributed by atoms with Gasteiger partial charge in [-0.3, -0.25) is 0 Å². The molecule has 0 bridgehead atoms. The zero-order valence-electron chi connectivity index (χ0n) is 15.8. The van der Waals surface area contributed by atoms with Crippen molar-refractivity contribution >= 4 is 11.6 Å². The van der Waals surface area contributed by atoms with Crippen molar-refractivity contribution in [3.63, 3.8) is 0 Å². The van der Waals surface area contributed by atoms with Crippen LogP contribution in [0, 0.1) is 4.91 Å². The summed E-state index contributed by atoms with van der Waals surface area (Å²) in [5.74, 6) is 0.865. The highest BCUT2D eigenvalue weighted by Gasteiger charge is 2.23. The number of nitrogens with zero attached hydrogens (tertiary/aromatic N) is 1. The van der Waals surface area contributed by atoms with Crippen molar-refractivity contribution in [1.82, 2.24) is 0 Å². The average Bonchev–Trinajstić information content (AvgIpc) is 2.58. The van der Waals surface area contributed by atoms with Crippen LogP contribution in [0.25, 0.3) is 0 Å². The molecule has 0 amide bonds. The van der Waals surface area contributed by atoms with Gasteiger partial charge in [0.15, 0.2) is 0 Å². The minimum atomic E-state index is -0.601. The Morgan fingerprint density at radius 1 is 1.15 bits per heavy atom. The van der Waals surface area contributed by atoms with Crippen LogP contribution < -0.4 is 4.74 Å². The molecule has 0 spiro atoms. The van der Waals surface area contributed by atoms with E-state index in [4.69, 9.17) is 21.1 Å². The Kier molecular flexibility index (Phi) is 7.18. The number of halogens is 1. The molecule has 0 aliphatic heterocycles. The van der Waals surface area contributed by atoms with Gasteiger partial charge in [0, 0.05) is 5.02 Å². The maximum atomic E-state index is 10.5. The Morgan fingerprint density at radius 2 is 1.85 bits per heavy atom. The van der Waals surface area contributed by atoms with Gasteiger partial charge in [-0.2, -0.15) is 4.91 Å². The quantitative estimate of drug-likeness (QED) is 0.508. The lowest BCUT2D eigenvalue weighted by Gasteiger charge is -2.27. The van der Waals surface area contributed by atoms with Gasteiger partial charge in [-0.1, -0.05) is 41.0 Å². The third kappa shape index (κ3) is 5.82. The molecule has 0 aliphatic rings. The number of ether oxygens (including phenoxy) is 2. The molecule has 4 nitrogen and oxygen atoms in total. The second-order valence-electron chi connectivity index (χ2n) is 6.91. The van der Waals surface area contributed by atoms with Crippen LogP contribution in [-0.4, -0.2) is 18.8 Å². The number of hydrogen-bond acceptors (Lipinski definition) is 4. The molecular formula is C21H26ClNO3. The highest BCUT2D eigenvalue weighted by atomic mass is 35.5. The molecule has 2 rings (SSSR count). The summed E-state index contributed by atoms with van der Waals surface area (Å²) in [6.07, 6.45) is 0.563. The standard InChI is InChI=1S/C21H26ClNO3/c1-5-25-19-9-6-16(7-10-19)12-18-13-17(8-11-20(18)22)15(2)26-21(3,4)14-23-24/h6-11,13,15H,5,12,14H2,1-4H3/t15-/m1/s1. The van der Waals surface area contributed by atoms with E-state index in [-0.39, 0.29) is 12.6 Å². The third-order valence-corrected chi connectivity index (χ3v) is 4.48. The summed E-state index contributed by atoms with van der Waals surface area (Å²) in [4.78, 5) is 10.5. The number of hydrogen-bond donors (Lipinski definition) is 0. The van der Waals surface area contributed by atoms with E-state index in [1.165, 1.54) is 0 Å². The number of benzene rings is 2.